The van der Waals surface area contributed by atoms with Gasteiger partial charge in [-0.2, -0.15) is 0 Å². The second kappa shape index (κ2) is 45.0. The van der Waals surface area contributed by atoms with E-state index >= 15 is 0 Å². The van der Waals surface area contributed by atoms with E-state index in [0.717, 1.165) is 77.7 Å². The molecule has 1 aliphatic carbocycles. The van der Waals surface area contributed by atoms with Gasteiger partial charge in [-0.3, -0.25) is 14.5 Å². The molecule has 0 heterocycles. The number of aliphatic hydroxyl groups excluding tert-OH is 1. The van der Waals surface area contributed by atoms with E-state index in [2.05, 4.69) is 37.5 Å². The molecule has 0 saturated heterocycles. The maximum Gasteiger partial charge on any atom is 0.305 e. The van der Waals surface area contributed by atoms with Crippen molar-refractivity contribution in [2.45, 2.75) is 278 Å². The fraction of sp³-hybridized carbons (Fsp3) is 0.964. The molecule has 0 aliphatic heterocycles. The number of hydrogen-bond donors (Lipinski definition) is 1. The Bertz CT molecular complexity index is 940. The average Bonchev–Trinajstić information content (AvgIpc) is 3.25. The van der Waals surface area contributed by atoms with Crippen LogP contribution in [-0.2, 0) is 19.1 Å². The molecule has 0 spiro atoms. The summed E-state index contributed by atoms with van der Waals surface area (Å²) in [4.78, 5) is 30.5. The Kier molecular flexibility index (Phi) is 42.7. The molecule has 0 aromatic carbocycles. The lowest BCUT2D eigenvalue weighted by Crippen LogP contribution is -2.45. The van der Waals surface area contributed by atoms with Crippen molar-refractivity contribution >= 4 is 11.9 Å². The van der Waals surface area contributed by atoms with Crippen LogP contribution in [0.15, 0.2) is 0 Å². The highest BCUT2D eigenvalue weighted by Crippen LogP contribution is 2.25. The van der Waals surface area contributed by atoms with Crippen LogP contribution in [0.2, 0.25) is 0 Å². The Morgan fingerprint density at radius 2 is 0.887 bits per heavy atom. The summed E-state index contributed by atoms with van der Waals surface area (Å²) in [5, 5.41) is 9.73. The maximum atomic E-state index is 12.9. The summed E-state index contributed by atoms with van der Waals surface area (Å²) < 4.78 is 11.6. The number of ether oxygens (including phenoxy) is 2. The van der Waals surface area contributed by atoms with E-state index in [1.165, 1.54) is 186 Å². The van der Waals surface area contributed by atoms with Gasteiger partial charge in [0, 0.05) is 38.5 Å². The van der Waals surface area contributed by atoms with E-state index in [9.17, 15) is 14.7 Å². The van der Waals surface area contributed by atoms with Crippen molar-refractivity contribution < 1.29 is 24.2 Å². The largest absolute Gasteiger partial charge is 0.465 e. The third kappa shape index (κ3) is 37.1. The van der Waals surface area contributed by atoms with Crippen LogP contribution < -0.4 is 0 Å². The normalized spacial score (nSPS) is 13.7. The number of carbonyl (C=O) groups excluding carboxylic acids is 2. The first-order valence-corrected chi connectivity index (χ1v) is 27.8. The zero-order valence-electron chi connectivity index (χ0n) is 42.2. The first kappa shape index (κ1) is 58.8. The summed E-state index contributed by atoms with van der Waals surface area (Å²) in [5.74, 6) is 0.919. The Hall–Kier alpha value is -1.18. The molecular weight excluding hydrogens is 769 g/mol. The van der Waals surface area contributed by atoms with Crippen molar-refractivity contribution in [1.82, 2.24) is 9.80 Å². The van der Waals surface area contributed by atoms with E-state index in [-0.39, 0.29) is 18.5 Å². The zero-order valence-corrected chi connectivity index (χ0v) is 42.2. The second-order valence-electron chi connectivity index (χ2n) is 19.9. The van der Waals surface area contributed by atoms with Gasteiger partial charge in [0.05, 0.1) is 19.8 Å². The number of nitrogens with zero attached hydrogens (tertiary/aromatic N) is 2. The van der Waals surface area contributed by atoms with Crippen LogP contribution in [0.4, 0.5) is 0 Å². The second-order valence-corrected chi connectivity index (χ2v) is 19.9. The highest BCUT2D eigenvalue weighted by molar-refractivity contribution is 5.69. The number of hydrogen-bond acceptors (Lipinski definition) is 7. The molecule has 1 fully saturated rings. The fourth-order valence-corrected chi connectivity index (χ4v) is 9.27. The van der Waals surface area contributed by atoms with Crippen molar-refractivity contribution in [3.63, 3.8) is 0 Å². The lowest BCUT2D eigenvalue weighted by molar-refractivity contribution is -0.146. The van der Waals surface area contributed by atoms with Gasteiger partial charge >= 0.3 is 11.9 Å². The highest BCUT2D eigenvalue weighted by Gasteiger charge is 2.24. The molecule has 0 bridgehead atoms. The minimum atomic E-state index is -0.0363. The molecule has 1 rings (SSSR count). The van der Waals surface area contributed by atoms with Gasteiger partial charge in [0.1, 0.15) is 0 Å². The minimum absolute atomic E-state index is 0.00432. The third-order valence-electron chi connectivity index (χ3n) is 13.9. The summed E-state index contributed by atoms with van der Waals surface area (Å²) in [6.45, 7) is 15.3. The van der Waals surface area contributed by atoms with Crippen LogP contribution >= 0.6 is 0 Å². The Morgan fingerprint density at radius 1 is 0.484 bits per heavy atom. The molecule has 62 heavy (non-hydrogen) atoms. The SMILES string of the molecule is CCCCCCCCCCC(C)COC(=O)CCCCCN(CCCCCC(=O)OCC(CCCCCCCCCC)CCCCCCCCCC)CCN(CCO)C1CCC1. The third-order valence-corrected chi connectivity index (χ3v) is 13.9. The molecular formula is C55H108N2O5. The van der Waals surface area contributed by atoms with Crippen LogP contribution in [0.25, 0.3) is 0 Å². The number of rotatable bonds is 49. The zero-order chi connectivity index (χ0) is 45.0. The van der Waals surface area contributed by atoms with Gasteiger partial charge in [0.2, 0.25) is 0 Å². The summed E-state index contributed by atoms with van der Waals surface area (Å²) >= 11 is 0. The van der Waals surface area contributed by atoms with Crippen molar-refractivity contribution in [2.24, 2.45) is 11.8 Å². The Balaban J connectivity index is 2.40. The predicted octanol–water partition coefficient (Wildman–Crippen LogP) is 15.2. The topological polar surface area (TPSA) is 79.3 Å². The number of esters is 2. The highest BCUT2D eigenvalue weighted by atomic mass is 16.5. The Labute approximate surface area is 386 Å². The minimum Gasteiger partial charge on any atom is -0.465 e. The quantitative estimate of drug-likeness (QED) is 0.0482. The van der Waals surface area contributed by atoms with Gasteiger partial charge < -0.3 is 19.5 Å². The molecule has 0 radical (unpaired) electrons. The maximum absolute atomic E-state index is 12.9. The van der Waals surface area contributed by atoms with Gasteiger partial charge in [-0.15, -0.1) is 0 Å². The Morgan fingerprint density at radius 3 is 1.31 bits per heavy atom. The molecule has 1 atom stereocenters. The van der Waals surface area contributed by atoms with Crippen molar-refractivity contribution in [2.75, 3.05) is 52.5 Å². The summed E-state index contributed by atoms with van der Waals surface area (Å²) in [5.41, 5.74) is 0. The molecule has 1 aliphatic rings. The van der Waals surface area contributed by atoms with Gasteiger partial charge in [-0.05, 0) is 82.7 Å². The molecule has 368 valence electrons. The van der Waals surface area contributed by atoms with E-state index in [0.29, 0.717) is 43.9 Å². The fourth-order valence-electron chi connectivity index (χ4n) is 9.27. The number of unbranched alkanes of at least 4 members (excludes halogenated alkanes) is 25. The van der Waals surface area contributed by atoms with Gasteiger partial charge in [-0.25, -0.2) is 0 Å². The lowest BCUT2D eigenvalue weighted by atomic mass is 9.91. The molecule has 0 amide bonds. The molecule has 7 nitrogen and oxygen atoms in total. The monoisotopic (exact) mass is 877 g/mol. The summed E-state index contributed by atoms with van der Waals surface area (Å²) in [7, 11) is 0. The van der Waals surface area contributed by atoms with Crippen LogP contribution in [0.3, 0.4) is 0 Å². The number of carbonyl (C=O) groups is 2. The standard InChI is InChI=1S/C55H108N2O5/c1-5-8-11-14-17-20-23-28-36-51(4)49-61-54(59)41-31-26-33-43-56(45-46-57(47-48-58)53-39-35-40-53)44-34-27-32-42-55(60)62-50-52(37-29-24-21-18-15-12-9-6-2)38-30-25-22-19-16-13-10-7-3/h51-53,58H,5-50H2,1-4H3. The molecule has 1 unspecified atom stereocenters. The molecule has 7 heteroatoms. The molecule has 1 N–H and O–H groups in total. The van der Waals surface area contributed by atoms with Gasteiger partial charge in [0.15, 0.2) is 0 Å². The van der Waals surface area contributed by atoms with Crippen LogP contribution in [-0.4, -0.2) is 85.4 Å². The van der Waals surface area contributed by atoms with E-state index < -0.39 is 0 Å². The average molecular weight is 877 g/mol. The van der Waals surface area contributed by atoms with Crippen molar-refractivity contribution in [3.05, 3.63) is 0 Å². The van der Waals surface area contributed by atoms with E-state index in [1.54, 1.807) is 0 Å². The molecule has 1 saturated carbocycles. The molecule has 0 aromatic heterocycles. The number of aliphatic hydroxyl groups is 1. The van der Waals surface area contributed by atoms with Crippen molar-refractivity contribution in [3.8, 4) is 0 Å². The van der Waals surface area contributed by atoms with Gasteiger partial charge in [0.25, 0.3) is 0 Å². The predicted molar refractivity (Wildman–Crippen MR) is 266 cm³/mol. The smallest absolute Gasteiger partial charge is 0.305 e. The van der Waals surface area contributed by atoms with Crippen molar-refractivity contribution in [1.29, 1.82) is 0 Å². The molecule has 0 aromatic rings. The van der Waals surface area contributed by atoms with Crippen LogP contribution in [0, 0.1) is 11.8 Å². The summed E-state index contributed by atoms with van der Waals surface area (Å²) in [6, 6.07) is 0.629. The van der Waals surface area contributed by atoms with Crippen LogP contribution in [0.1, 0.15) is 272 Å². The first-order chi connectivity index (χ1) is 30.4. The lowest BCUT2D eigenvalue weighted by Gasteiger charge is -2.38. The van der Waals surface area contributed by atoms with E-state index in [1.807, 2.05) is 0 Å². The van der Waals surface area contributed by atoms with E-state index in [4.69, 9.17) is 9.47 Å². The van der Waals surface area contributed by atoms with Crippen LogP contribution in [0.5, 0.6) is 0 Å². The summed E-state index contributed by atoms with van der Waals surface area (Å²) in [6.07, 6.45) is 46.6. The van der Waals surface area contributed by atoms with Gasteiger partial charge in [-0.1, -0.05) is 201 Å². The first-order valence-electron chi connectivity index (χ1n) is 27.8.